The molecular formula is C38H46ClF2N7O6S. The van der Waals surface area contributed by atoms with Gasteiger partial charge in [0.1, 0.15) is 34.5 Å². The summed E-state index contributed by atoms with van der Waals surface area (Å²) in [7, 11) is 0. The smallest absolute Gasteiger partial charge is 0.413 e. The highest BCUT2D eigenvalue weighted by Crippen LogP contribution is 2.45. The number of anilines is 2. The predicted octanol–water partition coefficient (Wildman–Crippen LogP) is 7.87. The molecule has 5 heterocycles. The number of rotatable bonds is 7. The summed E-state index contributed by atoms with van der Waals surface area (Å²) >= 11 is 7.86. The Kier molecular flexibility index (Phi) is 10.7. The molecule has 2 aromatic heterocycles. The fourth-order valence-electron chi connectivity index (χ4n) is 7.37. The van der Waals surface area contributed by atoms with Crippen LogP contribution >= 0.6 is 22.9 Å². The van der Waals surface area contributed by atoms with Crippen LogP contribution in [0.1, 0.15) is 61.3 Å². The SMILES string of the molecule is CC(CN1CCOCC1)Oc1nc(N2C3CCC2CN(C(=O)OC(C)(C)C)C3)c2cc(Cl)c(-c3ccc(F)c4sc(NC(=O)OC(C)(C)C)nc34)c(F)c2n1. The van der Waals surface area contributed by atoms with Crippen LogP contribution in [0.4, 0.5) is 29.3 Å². The number of thiazole rings is 1. The molecule has 1 N–H and O–H groups in total. The van der Waals surface area contributed by atoms with Crippen LogP contribution in [0.25, 0.3) is 32.2 Å². The van der Waals surface area contributed by atoms with Crippen molar-refractivity contribution in [1.82, 2.24) is 24.8 Å². The van der Waals surface area contributed by atoms with Gasteiger partial charge >= 0.3 is 18.2 Å². The summed E-state index contributed by atoms with van der Waals surface area (Å²) in [5, 5.41) is 3.03. The maximum Gasteiger partial charge on any atom is 0.413 e. The minimum Gasteiger partial charge on any atom is -0.459 e. The predicted molar refractivity (Wildman–Crippen MR) is 207 cm³/mol. The van der Waals surface area contributed by atoms with Crippen LogP contribution in [0.5, 0.6) is 6.01 Å². The Morgan fingerprint density at radius 2 is 1.67 bits per heavy atom. The number of hydrogen-bond acceptors (Lipinski definition) is 12. The number of nitrogens with one attached hydrogen (secondary N) is 1. The Bertz CT molecular complexity index is 2110. The number of hydrogen-bond donors (Lipinski definition) is 1. The van der Waals surface area contributed by atoms with Gasteiger partial charge in [0, 0.05) is 61.3 Å². The van der Waals surface area contributed by atoms with Crippen molar-refractivity contribution in [2.24, 2.45) is 0 Å². The van der Waals surface area contributed by atoms with Crippen molar-refractivity contribution in [2.75, 3.05) is 56.2 Å². The van der Waals surface area contributed by atoms with Gasteiger partial charge in [0.15, 0.2) is 10.9 Å². The molecule has 0 saturated carbocycles. The number of benzene rings is 2. The quantitative estimate of drug-likeness (QED) is 0.196. The molecule has 296 valence electrons. The molecule has 13 nitrogen and oxygen atoms in total. The molecule has 3 unspecified atom stereocenters. The van der Waals surface area contributed by atoms with E-state index in [2.05, 4.69) is 25.1 Å². The van der Waals surface area contributed by atoms with Gasteiger partial charge in [0.25, 0.3) is 0 Å². The van der Waals surface area contributed by atoms with E-state index in [9.17, 15) is 9.59 Å². The third kappa shape index (κ3) is 8.52. The molecule has 2 bridgehead atoms. The molecule has 3 fully saturated rings. The molecule has 3 aliphatic heterocycles. The average Bonchev–Trinajstić information content (AvgIpc) is 3.62. The highest BCUT2D eigenvalue weighted by molar-refractivity contribution is 7.22. The molecule has 3 saturated heterocycles. The number of likely N-dealkylation sites (tertiary alicyclic amines) is 1. The van der Waals surface area contributed by atoms with Crippen LogP contribution in [0.3, 0.4) is 0 Å². The lowest BCUT2D eigenvalue weighted by molar-refractivity contribution is 0.0200. The second kappa shape index (κ2) is 15.1. The molecule has 2 amide bonds. The van der Waals surface area contributed by atoms with Gasteiger partial charge in [-0.2, -0.15) is 9.97 Å². The molecule has 0 spiro atoms. The van der Waals surface area contributed by atoms with Gasteiger partial charge in [-0.25, -0.2) is 23.4 Å². The number of aromatic nitrogens is 3. The Balaban J connectivity index is 1.30. The normalized spacial score (nSPS) is 19.9. The lowest BCUT2D eigenvalue weighted by atomic mass is 10.0. The zero-order chi connectivity index (χ0) is 39.4. The summed E-state index contributed by atoms with van der Waals surface area (Å²) in [5.41, 5.74) is -1.17. The third-order valence-electron chi connectivity index (χ3n) is 9.52. The monoisotopic (exact) mass is 801 g/mol. The third-order valence-corrected chi connectivity index (χ3v) is 10.8. The molecule has 55 heavy (non-hydrogen) atoms. The number of halogens is 3. The summed E-state index contributed by atoms with van der Waals surface area (Å²) in [4.78, 5) is 45.7. The summed E-state index contributed by atoms with van der Waals surface area (Å²) in [5.74, 6) is -0.912. The van der Waals surface area contributed by atoms with Crippen molar-refractivity contribution in [3.8, 4) is 17.1 Å². The number of carbonyl (C=O) groups excluding carboxylic acids is 2. The van der Waals surface area contributed by atoms with Crippen LogP contribution in [0.2, 0.25) is 5.02 Å². The van der Waals surface area contributed by atoms with E-state index >= 15 is 8.78 Å². The number of ether oxygens (including phenoxy) is 4. The molecule has 4 aromatic rings. The molecule has 0 aliphatic carbocycles. The van der Waals surface area contributed by atoms with Crippen molar-refractivity contribution in [3.63, 3.8) is 0 Å². The van der Waals surface area contributed by atoms with Gasteiger partial charge in [0.2, 0.25) is 0 Å². The second-order valence-electron chi connectivity index (χ2n) is 16.2. The van der Waals surface area contributed by atoms with Crippen molar-refractivity contribution in [1.29, 1.82) is 0 Å². The molecule has 0 radical (unpaired) electrons. The number of fused-ring (bicyclic) bond motifs is 4. The van der Waals surface area contributed by atoms with Crippen LogP contribution in [-0.4, -0.2) is 112 Å². The second-order valence-corrected chi connectivity index (χ2v) is 17.6. The van der Waals surface area contributed by atoms with Crippen molar-refractivity contribution in [2.45, 2.75) is 90.7 Å². The Morgan fingerprint density at radius 3 is 2.33 bits per heavy atom. The highest BCUT2D eigenvalue weighted by Gasteiger charge is 2.44. The zero-order valence-electron chi connectivity index (χ0n) is 32.0. The average molecular weight is 802 g/mol. The van der Waals surface area contributed by atoms with E-state index in [1.54, 1.807) is 31.7 Å². The van der Waals surface area contributed by atoms with E-state index < -0.39 is 28.9 Å². The molecule has 3 atom stereocenters. The summed E-state index contributed by atoms with van der Waals surface area (Å²) in [6, 6.07) is 3.96. The lowest BCUT2D eigenvalue weighted by Crippen LogP contribution is -2.56. The first kappa shape index (κ1) is 39.1. The number of nitrogens with zero attached hydrogens (tertiary/aromatic N) is 6. The number of piperazine rings is 1. The van der Waals surface area contributed by atoms with Gasteiger partial charge in [-0.15, -0.1) is 0 Å². The van der Waals surface area contributed by atoms with Crippen molar-refractivity contribution < 1.29 is 37.3 Å². The lowest BCUT2D eigenvalue weighted by Gasteiger charge is -2.42. The van der Waals surface area contributed by atoms with Crippen molar-refractivity contribution >= 4 is 67.2 Å². The maximum absolute atomic E-state index is 17.3. The van der Waals surface area contributed by atoms with E-state index in [1.807, 2.05) is 27.7 Å². The maximum atomic E-state index is 17.3. The van der Waals surface area contributed by atoms with Crippen molar-refractivity contribution in [3.05, 3.63) is 34.9 Å². The van der Waals surface area contributed by atoms with Crippen LogP contribution < -0.4 is 15.0 Å². The van der Waals surface area contributed by atoms with E-state index in [0.717, 1.165) is 37.3 Å². The number of carbonyl (C=O) groups is 2. The van der Waals surface area contributed by atoms with Gasteiger partial charge in [-0.3, -0.25) is 10.2 Å². The van der Waals surface area contributed by atoms with E-state index in [1.165, 1.54) is 12.1 Å². The number of amides is 2. The van der Waals surface area contributed by atoms with E-state index in [0.29, 0.717) is 44.1 Å². The van der Waals surface area contributed by atoms with Crippen LogP contribution in [0, 0.1) is 11.6 Å². The Morgan fingerprint density at radius 1 is 1.00 bits per heavy atom. The fourth-order valence-corrected chi connectivity index (χ4v) is 8.54. The first-order valence-electron chi connectivity index (χ1n) is 18.5. The number of morpholine rings is 1. The van der Waals surface area contributed by atoms with Crippen LogP contribution in [-0.2, 0) is 14.2 Å². The highest BCUT2D eigenvalue weighted by atomic mass is 35.5. The Hall–Kier alpha value is -4.12. The molecule has 2 aromatic carbocycles. The van der Waals surface area contributed by atoms with E-state index in [-0.39, 0.29) is 67.3 Å². The fraction of sp³-hybridized carbons (Fsp3) is 0.553. The largest absolute Gasteiger partial charge is 0.459 e. The summed E-state index contributed by atoms with van der Waals surface area (Å²) < 4.78 is 55.4. The van der Waals surface area contributed by atoms with Crippen LogP contribution in [0.15, 0.2) is 18.2 Å². The topological polar surface area (TPSA) is 131 Å². The van der Waals surface area contributed by atoms with Gasteiger partial charge in [-0.05, 0) is 79.5 Å². The van der Waals surface area contributed by atoms with Gasteiger partial charge < -0.3 is 28.7 Å². The first-order chi connectivity index (χ1) is 25.9. The molecule has 17 heteroatoms. The molecule has 7 rings (SSSR count). The summed E-state index contributed by atoms with van der Waals surface area (Å²) in [6.45, 7) is 16.7. The molecular weight excluding hydrogens is 756 g/mol. The Labute approximate surface area is 327 Å². The summed E-state index contributed by atoms with van der Waals surface area (Å²) in [6.07, 6.45) is 0.0772. The zero-order valence-corrected chi connectivity index (χ0v) is 33.6. The molecule has 3 aliphatic rings. The minimum atomic E-state index is -0.770. The van der Waals surface area contributed by atoms with E-state index in [4.69, 9.17) is 35.5 Å². The van der Waals surface area contributed by atoms with Gasteiger partial charge in [0.05, 0.1) is 28.5 Å². The van der Waals surface area contributed by atoms with Gasteiger partial charge in [-0.1, -0.05) is 22.9 Å². The first-order valence-corrected chi connectivity index (χ1v) is 19.7. The standard InChI is InChI=1S/C38H46ClF2N7O6S/c1-20(17-46-12-14-51-15-13-46)52-33-42-29-24(32(44-33)48-21-8-9-22(48)19-47(18-21)36(50)54-38(5,6)7)16-25(39)27(28(29)41)23-10-11-26(40)31-30(23)43-34(55-31)45-35(49)53-37(2,3)4/h10-11,16,20-22H,8-9,12-15,17-19H2,1-7H3,(H,43,45,49). The minimum absolute atomic E-state index is 0.00818.